The normalized spacial score (nSPS) is 17.6. The molecule has 0 saturated heterocycles. The van der Waals surface area contributed by atoms with Crippen molar-refractivity contribution in [3.05, 3.63) is 46.2 Å². The molecule has 17 heavy (non-hydrogen) atoms. The van der Waals surface area contributed by atoms with Crippen LogP contribution in [0.15, 0.2) is 46.2 Å². The molecule has 0 bridgehead atoms. The summed E-state index contributed by atoms with van der Waals surface area (Å²) in [5, 5.41) is 9.10. The number of rotatable bonds is 6. The molecule has 2 nitrogen and oxygen atoms in total. The molecule has 0 aliphatic heterocycles. The van der Waals surface area contributed by atoms with E-state index in [4.69, 9.17) is 9.84 Å². The first kappa shape index (κ1) is 16.4. The summed E-state index contributed by atoms with van der Waals surface area (Å²) in [7, 11) is 0. The number of hydrogen-bond donors (Lipinski definition) is 2. The highest BCUT2D eigenvalue weighted by molar-refractivity contribution is 9.11. The van der Waals surface area contributed by atoms with E-state index in [1.54, 1.807) is 25.2 Å². The SMILES string of the molecule is C=C/C=C(/Br)OC(C)C(C)/C=C(S)\C=C(/C)O. The first-order chi connectivity index (χ1) is 7.86. The summed E-state index contributed by atoms with van der Waals surface area (Å²) in [6, 6.07) is 0. The van der Waals surface area contributed by atoms with Crippen molar-refractivity contribution in [2.75, 3.05) is 0 Å². The van der Waals surface area contributed by atoms with Gasteiger partial charge in [0.15, 0.2) is 4.67 Å². The van der Waals surface area contributed by atoms with E-state index in [1.165, 1.54) is 0 Å². The van der Waals surface area contributed by atoms with Crippen molar-refractivity contribution < 1.29 is 9.84 Å². The third kappa shape index (κ3) is 8.16. The van der Waals surface area contributed by atoms with Gasteiger partial charge in [-0.25, -0.2) is 0 Å². The average Bonchev–Trinajstić information content (AvgIpc) is 2.15. The van der Waals surface area contributed by atoms with Gasteiger partial charge in [-0.1, -0.05) is 25.7 Å². The van der Waals surface area contributed by atoms with Crippen LogP contribution in [-0.4, -0.2) is 11.2 Å². The summed E-state index contributed by atoms with van der Waals surface area (Å²) >= 11 is 7.55. The zero-order valence-corrected chi connectivity index (χ0v) is 12.8. The van der Waals surface area contributed by atoms with Crippen molar-refractivity contribution in [1.82, 2.24) is 0 Å². The molecule has 0 aromatic carbocycles. The number of thiol groups is 1. The maximum atomic E-state index is 9.10. The minimum Gasteiger partial charge on any atom is -0.513 e. The Morgan fingerprint density at radius 1 is 1.47 bits per heavy atom. The molecule has 2 atom stereocenters. The van der Waals surface area contributed by atoms with Crippen molar-refractivity contribution in [3.8, 4) is 0 Å². The molecule has 0 heterocycles. The summed E-state index contributed by atoms with van der Waals surface area (Å²) in [4.78, 5) is 0.719. The van der Waals surface area contributed by atoms with E-state index < -0.39 is 0 Å². The van der Waals surface area contributed by atoms with Crippen molar-refractivity contribution >= 4 is 28.6 Å². The van der Waals surface area contributed by atoms with E-state index in [0.29, 0.717) is 4.67 Å². The Bertz CT molecular complexity index is 341. The molecule has 0 aromatic heterocycles. The monoisotopic (exact) mass is 318 g/mol. The van der Waals surface area contributed by atoms with Gasteiger partial charge in [-0.05, 0) is 41.9 Å². The van der Waals surface area contributed by atoms with Crippen molar-refractivity contribution in [1.29, 1.82) is 0 Å². The fourth-order valence-electron chi connectivity index (χ4n) is 1.08. The van der Waals surface area contributed by atoms with Gasteiger partial charge in [0.05, 0.1) is 5.76 Å². The van der Waals surface area contributed by atoms with Crippen molar-refractivity contribution in [2.24, 2.45) is 5.92 Å². The number of aliphatic hydroxyl groups is 1. The summed E-state index contributed by atoms with van der Waals surface area (Å²) in [6.45, 7) is 9.19. The van der Waals surface area contributed by atoms with Crippen LogP contribution in [0.4, 0.5) is 0 Å². The maximum absolute atomic E-state index is 9.10. The molecule has 0 amide bonds. The molecular formula is C13H19BrO2S. The second-order valence-corrected chi connectivity index (χ2v) is 5.06. The number of aliphatic hydroxyl groups excluding tert-OH is 1. The second kappa shape index (κ2) is 8.48. The van der Waals surface area contributed by atoms with Crippen LogP contribution in [0.2, 0.25) is 0 Å². The van der Waals surface area contributed by atoms with Crippen LogP contribution >= 0.6 is 28.6 Å². The zero-order chi connectivity index (χ0) is 13.4. The maximum Gasteiger partial charge on any atom is 0.162 e. The summed E-state index contributed by atoms with van der Waals surface area (Å²) in [5.41, 5.74) is 0. The third-order valence-corrected chi connectivity index (χ3v) is 2.81. The van der Waals surface area contributed by atoms with E-state index in [9.17, 15) is 0 Å². The third-order valence-electron chi connectivity index (χ3n) is 2.08. The van der Waals surface area contributed by atoms with Crippen LogP contribution < -0.4 is 0 Å². The molecule has 0 aromatic rings. The lowest BCUT2D eigenvalue weighted by molar-refractivity contribution is 0.123. The van der Waals surface area contributed by atoms with Crippen LogP contribution in [0.1, 0.15) is 20.8 Å². The van der Waals surface area contributed by atoms with E-state index >= 15 is 0 Å². The lowest BCUT2D eigenvalue weighted by Crippen LogP contribution is -2.15. The van der Waals surface area contributed by atoms with Crippen LogP contribution in [0.3, 0.4) is 0 Å². The lowest BCUT2D eigenvalue weighted by Gasteiger charge is -2.18. The predicted molar refractivity (Wildman–Crippen MR) is 80.4 cm³/mol. The van der Waals surface area contributed by atoms with Crippen LogP contribution in [0, 0.1) is 5.92 Å². The van der Waals surface area contributed by atoms with Gasteiger partial charge in [0, 0.05) is 10.8 Å². The largest absolute Gasteiger partial charge is 0.513 e. The molecule has 4 heteroatoms. The minimum atomic E-state index is -0.00451. The Labute approximate surface area is 117 Å². The van der Waals surface area contributed by atoms with E-state index in [-0.39, 0.29) is 17.8 Å². The summed E-state index contributed by atoms with van der Waals surface area (Å²) < 4.78 is 6.25. The smallest absolute Gasteiger partial charge is 0.162 e. The number of allylic oxidation sites excluding steroid dienone is 4. The molecule has 0 rings (SSSR count). The van der Waals surface area contributed by atoms with Gasteiger partial charge in [0.1, 0.15) is 6.10 Å². The molecule has 0 aliphatic rings. The molecule has 0 fully saturated rings. The fourth-order valence-corrected chi connectivity index (χ4v) is 1.99. The molecule has 0 aliphatic carbocycles. The highest BCUT2D eigenvalue weighted by Crippen LogP contribution is 2.19. The molecule has 96 valence electrons. The molecule has 0 saturated carbocycles. The first-order valence-electron chi connectivity index (χ1n) is 5.29. The number of ether oxygens (including phenoxy) is 1. The van der Waals surface area contributed by atoms with Crippen molar-refractivity contribution in [3.63, 3.8) is 0 Å². The molecular weight excluding hydrogens is 300 g/mol. The highest BCUT2D eigenvalue weighted by Gasteiger charge is 2.11. The van der Waals surface area contributed by atoms with Gasteiger partial charge in [-0.15, -0.1) is 12.6 Å². The zero-order valence-electron chi connectivity index (χ0n) is 10.4. The Morgan fingerprint density at radius 3 is 2.53 bits per heavy atom. The van der Waals surface area contributed by atoms with E-state index in [2.05, 4.69) is 35.1 Å². The van der Waals surface area contributed by atoms with Crippen molar-refractivity contribution in [2.45, 2.75) is 26.9 Å². The Hall–Kier alpha value is -0.610. The Morgan fingerprint density at radius 2 is 2.06 bits per heavy atom. The molecule has 2 unspecified atom stereocenters. The van der Waals surface area contributed by atoms with Crippen LogP contribution in [-0.2, 0) is 4.74 Å². The number of hydrogen-bond acceptors (Lipinski definition) is 3. The van der Waals surface area contributed by atoms with E-state index in [0.717, 1.165) is 4.91 Å². The quantitative estimate of drug-likeness (QED) is 0.421. The Balaban J connectivity index is 4.51. The lowest BCUT2D eigenvalue weighted by atomic mass is 10.1. The fraction of sp³-hybridized carbons (Fsp3) is 0.385. The first-order valence-corrected chi connectivity index (χ1v) is 6.53. The van der Waals surface area contributed by atoms with Gasteiger partial charge in [-0.2, -0.15) is 0 Å². The van der Waals surface area contributed by atoms with Gasteiger partial charge in [0.2, 0.25) is 0 Å². The van der Waals surface area contributed by atoms with Gasteiger partial charge in [0.25, 0.3) is 0 Å². The highest BCUT2D eigenvalue weighted by atomic mass is 79.9. The molecule has 0 radical (unpaired) electrons. The standard InChI is InChI=1S/C13H19BrO2S/c1-5-6-13(14)16-11(4)9(2)7-12(17)8-10(3)15/h5-9,11,15,17H,1H2,2-4H3/b10-8+,12-7+,13-6-. The van der Waals surface area contributed by atoms with Crippen LogP contribution in [0.25, 0.3) is 0 Å². The minimum absolute atomic E-state index is 0.00451. The number of halogens is 1. The average molecular weight is 319 g/mol. The second-order valence-electron chi connectivity index (χ2n) is 3.77. The van der Waals surface area contributed by atoms with Gasteiger partial charge in [-0.3, -0.25) is 0 Å². The molecule has 1 N–H and O–H groups in total. The van der Waals surface area contributed by atoms with E-state index in [1.807, 2.05) is 19.9 Å². The summed E-state index contributed by atoms with van der Waals surface area (Å²) in [6.07, 6.45) is 6.92. The predicted octanol–water partition coefficient (Wildman–Crippen LogP) is 4.73. The molecule has 0 spiro atoms. The van der Waals surface area contributed by atoms with Gasteiger partial charge >= 0.3 is 0 Å². The van der Waals surface area contributed by atoms with Gasteiger partial charge < -0.3 is 9.84 Å². The van der Waals surface area contributed by atoms with Crippen LogP contribution in [0.5, 0.6) is 0 Å². The topological polar surface area (TPSA) is 29.5 Å². The summed E-state index contributed by atoms with van der Waals surface area (Å²) in [5.74, 6) is 0.406. The Kier molecular flexibility index (Phi) is 8.17.